The minimum Gasteiger partial charge on any atom is -0.441 e. The van der Waals surface area contributed by atoms with Gasteiger partial charge in [-0.25, -0.2) is 13.8 Å². The van der Waals surface area contributed by atoms with E-state index in [2.05, 4.69) is 10.3 Å². The summed E-state index contributed by atoms with van der Waals surface area (Å²) in [6.45, 7) is 0. The molecule has 0 saturated heterocycles. The van der Waals surface area contributed by atoms with Crippen LogP contribution >= 0.6 is 0 Å². The maximum Gasteiger partial charge on any atom is 0.225 e. The number of nitrogens with zero attached hydrogens (tertiary/aromatic N) is 1. The molecule has 1 N–H and O–H groups in total. The van der Waals surface area contributed by atoms with Gasteiger partial charge in [0.05, 0.1) is 6.20 Å². The first-order chi connectivity index (χ1) is 11.6. The fourth-order valence-corrected chi connectivity index (χ4v) is 2.20. The molecular weight excluding hydrogens is 314 g/mol. The third-order valence-electron chi connectivity index (χ3n) is 3.40. The van der Waals surface area contributed by atoms with Crippen molar-refractivity contribution in [3.05, 3.63) is 72.3 Å². The molecule has 122 valence electrons. The molecule has 0 saturated carbocycles. The monoisotopic (exact) mass is 328 g/mol. The Bertz CT molecular complexity index is 827. The second-order valence-corrected chi connectivity index (χ2v) is 5.13. The Labute approximate surface area is 137 Å². The molecule has 0 aliphatic rings. The number of aryl methyl sites for hydroxylation is 1. The van der Waals surface area contributed by atoms with Gasteiger partial charge in [-0.1, -0.05) is 36.4 Å². The van der Waals surface area contributed by atoms with Gasteiger partial charge >= 0.3 is 0 Å². The van der Waals surface area contributed by atoms with Crippen molar-refractivity contribution in [3.8, 4) is 11.3 Å². The summed E-state index contributed by atoms with van der Waals surface area (Å²) in [5, 5.41) is 2.23. The average Bonchev–Trinajstić information content (AvgIpc) is 3.06. The maximum atomic E-state index is 13.5. The fraction of sp³-hybridized carbons (Fsp3) is 0.111. The van der Waals surface area contributed by atoms with Crippen molar-refractivity contribution in [3.63, 3.8) is 0 Å². The SMILES string of the molecule is O=C(CCc1ncc(-c2ccccc2)o1)Nc1c(F)cccc1F. The Morgan fingerprint density at radius 3 is 2.46 bits per heavy atom. The van der Waals surface area contributed by atoms with Crippen LogP contribution in [0.25, 0.3) is 11.3 Å². The summed E-state index contributed by atoms with van der Waals surface area (Å²) in [5.41, 5.74) is 0.439. The highest BCUT2D eigenvalue weighted by atomic mass is 19.1. The highest BCUT2D eigenvalue weighted by Gasteiger charge is 2.13. The highest BCUT2D eigenvalue weighted by Crippen LogP contribution is 2.21. The van der Waals surface area contributed by atoms with Gasteiger partial charge in [-0.3, -0.25) is 4.79 Å². The van der Waals surface area contributed by atoms with Crippen LogP contribution in [0.1, 0.15) is 12.3 Å². The summed E-state index contributed by atoms with van der Waals surface area (Å²) in [4.78, 5) is 16.0. The van der Waals surface area contributed by atoms with Gasteiger partial charge in [0.15, 0.2) is 11.7 Å². The Morgan fingerprint density at radius 1 is 1.04 bits per heavy atom. The molecule has 0 atom stereocenters. The van der Waals surface area contributed by atoms with E-state index in [-0.39, 0.29) is 12.8 Å². The maximum absolute atomic E-state index is 13.5. The summed E-state index contributed by atoms with van der Waals surface area (Å²) in [5.74, 6) is -1.15. The van der Waals surface area contributed by atoms with E-state index in [1.807, 2.05) is 30.3 Å². The van der Waals surface area contributed by atoms with Crippen LogP contribution < -0.4 is 5.32 Å². The number of hydrogen-bond donors (Lipinski definition) is 1. The van der Waals surface area contributed by atoms with Crippen molar-refractivity contribution in [2.24, 2.45) is 0 Å². The Balaban J connectivity index is 1.60. The number of carbonyl (C=O) groups excluding carboxylic acids is 1. The van der Waals surface area contributed by atoms with Gasteiger partial charge < -0.3 is 9.73 Å². The molecule has 0 radical (unpaired) electrons. The summed E-state index contributed by atoms with van der Waals surface area (Å²) >= 11 is 0. The predicted octanol–water partition coefficient (Wildman–Crippen LogP) is 4.19. The highest BCUT2D eigenvalue weighted by molar-refractivity contribution is 5.91. The van der Waals surface area contributed by atoms with Crippen LogP contribution in [0.3, 0.4) is 0 Å². The lowest BCUT2D eigenvalue weighted by Crippen LogP contribution is -2.14. The van der Waals surface area contributed by atoms with Gasteiger partial charge in [0.2, 0.25) is 5.91 Å². The van der Waals surface area contributed by atoms with E-state index < -0.39 is 23.2 Å². The van der Waals surface area contributed by atoms with Gasteiger partial charge in [0.25, 0.3) is 0 Å². The number of nitrogens with one attached hydrogen (secondary N) is 1. The van der Waals surface area contributed by atoms with Crippen LogP contribution in [-0.2, 0) is 11.2 Å². The molecule has 0 aliphatic heterocycles. The van der Waals surface area contributed by atoms with Crippen LogP contribution in [-0.4, -0.2) is 10.9 Å². The minimum absolute atomic E-state index is 0.00250. The van der Waals surface area contributed by atoms with Crippen molar-refractivity contribution in [1.29, 1.82) is 0 Å². The van der Waals surface area contributed by atoms with E-state index in [4.69, 9.17) is 4.42 Å². The smallest absolute Gasteiger partial charge is 0.225 e. The van der Waals surface area contributed by atoms with Crippen molar-refractivity contribution in [2.75, 3.05) is 5.32 Å². The first-order valence-electron chi connectivity index (χ1n) is 7.37. The zero-order valence-electron chi connectivity index (χ0n) is 12.6. The van der Waals surface area contributed by atoms with Crippen molar-refractivity contribution < 1.29 is 18.0 Å². The van der Waals surface area contributed by atoms with Crippen molar-refractivity contribution in [1.82, 2.24) is 4.98 Å². The Hall–Kier alpha value is -3.02. The molecule has 0 spiro atoms. The number of halogens is 2. The molecule has 6 heteroatoms. The first kappa shape index (κ1) is 15.9. The number of benzene rings is 2. The van der Waals surface area contributed by atoms with Crippen LogP contribution in [0.15, 0.2) is 59.1 Å². The molecule has 1 aromatic heterocycles. The first-order valence-corrected chi connectivity index (χ1v) is 7.37. The lowest BCUT2D eigenvalue weighted by molar-refractivity contribution is -0.116. The molecule has 0 aliphatic carbocycles. The zero-order chi connectivity index (χ0) is 16.9. The molecule has 1 amide bonds. The summed E-state index contributed by atoms with van der Waals surface area (Å²) in [6, 6.07) is 12.8. The minimum atomic E-state index is -0.814. The molecule has 0 fully saturated rings. The molecular formula is C18H14F2N2O2. The molecule has 3 aromatic rings. The van der Waals surface area contributed by atoms with E-state index in [9.17, 15) is 13.6 Å². The second kappa shape index (κ2) is 7.04. The second-order valence-electron chi connectivity index (χ2n) is 5.13. The lowest BCUT2D eigenvalue weighted by Gasteiger charge is -2.06. The summed E-state index contributed by atoms with van der Waals surface area (Å²) < 4.78 is 32.5. The van der Waals surface area contributed by atoms with Crippen LogP contribution in [0.2, 0.25) is 0 Å². The molecule has 0 bridgehead atoms. The normalized spacial score (nSPS) is 10.6. The van der Waals surface area contributed by atoms with E-state index in [0.717, 1.165) is 17.7 Å². The van der Waals surface area contributed by atoms with E-state index in [0.29, 0.717) is 11.7 Å². The predicted molar refractivity (Wildman–Crippen MR) is 85.2 cm³/mol. The zero-order valence-corrected chi connectivity index (χ0v) is 12.6. The largest absolute Gasteiger partial charge is 0.441 e. The third kappa shape index (κ3) is 3.65. The molecule has 1 heterocycles. The van der Waals surface area contributed by atoms with Crippen molar-refractivity contribution >= 4 is 11.6 Å². The van der Waals surface area contributed by atoms with Crippen LogP contribution in [0.5, 0.6) is 0 Å². The summed E-state index contributed by atoms with van der Waals surface area (Å²) in [7, 11) is 0. The summed E-state index contributed by atoms with van der Waals surface area (Å²) in [6.07, 6.45) is 1.82. The number of para-hydroxylation sites is 1. The Kier molecular flexibility index (Phi) is 4.65. The quantitative estimate of drug-likeness (QED) is 0.764. The number of hydrogen-bond acceptors (Lipinski definition) is 3. The average molecular weight is 328 g/mol. The third-order valence-corrected chi connectivity index (χ3v) is 3.40. The molecule has 24 heavy (non-hydrogen) atoms. The van der Waals surface area contributed by atoms with Gasteiger partial charge in [0, 0.05) is 18.4 Å². The number of rotatable bonds is 5. The number of aromatic nitrogens is 1. The van der Waals surface area contributed by atoms with E-state index >= 15 is 0 Å². The van der Waals surface area contributed by atoms with Gasteiger partial charge in [0.1, 0.15) is 17.3 Å². The topological polar surface area (TPSA) is 55.1 Å². The number of amides is 1. The van der Waals surface area contributed by atoms with E-state index in [1.165, 1.54) is 6.07 Å². The van der Waals surface area contributed by atoms with Crippen molar-refractivity contribution in [2.45, 2.75) is 12.8 Å². The van der Waals surface area contributed by atoms with Gasteiger partial charge in [-0.2, -0.15) is 0 Å². The number of oxazole rings is 1. The molecule has 3 rings (SSSR count). The molecule has 0 unspecified atom stereocenters. The standard InChI is InChI=1S/C18H14F2N2O2/c19-13-7-4-8-14(20)18(13)22-16(23)9-10-17-21-11-15(24-17)12-5-2-1-3-6-12/h1-8,11H,9-10H2,(H,22,23). The van der Waals surface area contributed by atoms with Crippen LogP contribution in [0, 0.1) is 11.6 Å². The Morgan fingerprint density at radius 2 is 1.75 bits per heavy atom. The number of carbonyl (C=O) groups is 1. The molecule has 4 nitrogen and oxygen atoms in total. The lowest BCUT2D eigenvalue weighted by atomic mass is 10.2. The fourth-order valence-electron chi connectivity index (χ4n) is 2.20. The van der Waals surface area contributed by atoms with E-state index in [1.54, 1.807) is 6.20 Å². The van der Waals surface area contributed by atoms with Crippen LogP contribution in [0.4, 0.5) is 14.5 Å². The number of anilines is 1. The molecule has 2 aromatic carbocycles. The van der Waals surface area contributed by atoms with Gasteiger partial charge in [-0.05, 0) is 12.1 Å². The van der Waals surface area contributed by atoms with Gasteiger partial charge in [-0.15, -0.1) is 0 Å².